The molecule has 0 radical (unpaired) electrons. The number of nitriles is 1. The van der Waals surface area contributed by atoms with Gasteiger partial charge in [-0.25, -0.2) is 0 Å². The minimum Gasteiger partial charge on any atom is -0.398 e. The van der Waals surface area contributed by atoms with Gasteiger partial charge >= 0.3 is 0 Å². The van der Waals surface area contributed by atoms with Gasteiger partial charge in [-0.05, 0) is 32.0 Å². The third-order valence-electron chi connectivity index (χ3n) is 2.94. The van der Waals surface area contributed by atoms with Crippen LogP contribution in [0.25, 0.3) is 0 Å². The molecule has 0 aromatic heterocycles. The standard InChI is InChI=1S/C13H17N3O/c1-9-7-16(8-10(2)17-9)12-3-4-13(15)11(5-12)6-14/h3-5,9-10H,7-8,15H2,1-2H3. The van der Waals surface area contributed by atoms with Gasteiger partial charge < -0.3 is 15.4 Å². The molecule has 2 atom stereocenters. The molecule has 17 heavy (non-hydrogen) atoms. The van der Waals surface area contributed by atoms with Crippen LogP contribution in [-0.2, 0) is 4.74 Å². The van der Waals surface area contributed by atoms with E-state index in [0.29, 0.717) is 11.3 Å². The topological polar surface area (TPSA) is 62.3 Å². The van der Waals surface area contributed by atoms with Crippen molar-refractivity contribution >= 4 is 11.4 Å². The van der Waals surface area contributed by atoms with E-state index in [-0.39, 0.29) is 12.2 Å². The first-order valence-corrected chi connectivity index (χ1v) is 5.80. The highest BCUT2D eigenvalue weighted by molar-refractivity contribution is 5.63. The number of nitrogen functional groups attached to an aromatic ring is 1. The van der Waals surface area contributed by atoms with Crippen LogP contribution in [0, 0.1) is 11.3 Å². The fourth-order valence-corrected chi connectivity index (χ4v) is 2.23. The van der Waals surface area contributed by atoms with E-state index in [1.807, 2.05) is 12.1 Å². The Hall–Kier alpha value is -1.73. The van der Waals surface area contributed by atoms with Crippen LogP contribution in [0.1, 0.15) is 19.4 Å². The van der Waals surface area contributed by atoms with E-state index in [4.69, 9.17) is 15.7 Å². The van der Waals surface area contributed by atoms with E-state index in [1.165, 1.54) is 0 Å². The van der Waals surface area contributed by atoms with E-state index in [2.05, 4.69) is 24.8 Å². The molecule has 1 saturated heterocycles. The lowest BCUT2D eigenvalue weighted by Gasteiger charge is -2.37. The van der Waals surface area contributed by atoms with Crippen molar-refractivity contribution in [1.29, 1.82) is 5.26 Å². The lowest BCUT2D eigenvalue weighted by molar-refractivity contribution is -0.00521. The average molecular weight is 231 g/mol. The molecule has 0 saturated carbocycles. The molecule has 0 amide bonds. The van der Waals surface area contributed by atoms with Gasteiger partial charge in [-0.2, -0.15) is 5.26 Å². The lowest BCUT2D eigenvalue weighted by Crippen LogP contribution is -2.45. The summed E-state index contributed by atoms with van der Waals surface area (Å²) >= 11 is 0. The number of anilines is 2. The summed E-state index contributed by atoms with van der Waals surface area (Å²) in [6.45, 7) is 5.81. The van der Waals surface area contributed by atoms with E-state index >= 15 is 0 Å². The molecule has 1 heterocycles. The summed E-state index contributed by atoms with van der Waals surface area (Å²) in [7, 11) is 0. The van der Waals surface area contributed by atoms with E-state index < -0.39 is 0 Å². The molecule has 4 nitrogen and oxygen atoms in total. The Balaban J connectivity index is 2.25. The third-order valence-corrected chi connectivity index (χ3v) is 2.94. The van der Waals surface area contributed by atoms with Crippen LogP contribution in [0.2, 0.25) is 0 Å². The van der Waals surface area contributed by atoms with E-state index in [9.17, 15) is 0 Å². The largest absolute Gasteiger partial charge is 0.398 e. The zero-order valence-corrected chi connectivity index (χ0v) is 10.2. The lowest BCUT2D eigenvalue weighted by atomic mass is 10.1. The highest BCUT2D eigenvalue weighted by atomic mass is 16.5. The van der Waals surface area contributed by atoms with Crippen molar-refractivity contribution in [2.75, 3.05) is 23.7 Å². The summed E-state index contributed by atoms with van der Waals surface area (Å²) in [5.41, 5.74) is 7.83. The van der Waals surface area contributed by atoms with Gasteiger partial charge in [0.2, 0.25) is 0 Å². The van der Waals surface area contributed by atoms with Gasteiger partial charge in [0, 0.05) is 24.5 Å². The van der Waals surface area contributed by atoms with Gasteiger partial charge in [0.15, 0.2) is 0 Å². The summed E-state index contributed by atoms with van der Waals surface area (Å²) in [5.74, 6) is 0. The molecule has 1 aliphatic heterocycles. The third kappa shape index (κ3) is 2.51. The Labute approximate surface area is 102 Å². The summed E-state index contributed by atoms with van der Waals surface area (Å²) < 4.78 is 5.69. The molecule has 1 aliphatic rings. The molecular weight excluding hydrogens is 214 g/mol. The van der Waals surface area contributed by atoms with Crippen LogP contribution in [0.5, 0.6) is 0 Å². The molecule has 2 N–H and O–H groups in total. The number of rotatable bonds is 1. The van der Waals surface area contributed by atoms with Gasteiger partial charge in [-0.15, -0.1) is 0 Å². The second-order valence-corrected chi connectivity index (χ2v) is 4.55. The van der Waals surface area contributed by atoms with Gasteiger partial charge in [0.1, 0.15) is 6.07 Å². The molecule has 1 aromatic carbocycles. The minimum atomic E-state index is 0.210. The average Bonchev–Trinajstić information content (AvgIpc) is 2.28. The van der Waals surface area contributed by atoms with Crippen LogP contribution >= 0.6 is 0 Å². The fraction of sp³-hybridized carbons (Fsp3) is 0.462. The Kier molecular flexibility index (Phi) is 3.21. The van der Waals surface area contributed by atoms with Crippen molar-refractivity contribution in [3.05, 3.63) is 23.8 Å². The maximum Gasteiger partial charge on any atom is 0.101 e. The molecule has 0 bridgehead atoms. The number of ether oxygens (including phenoxy) is 1. The Morgan fingerprint density at radius 1 is 1.35 bits per heavy atom. The normalized spacial score (nSPS) is 24.4. The Bertz CT molecular complexity index is 442. The number of nitrogens with two attached hydrogens (primary N) is 1. The van der Waals surface area contributed by atoms with Crippen LogP contribution < -0.4 is 10.6 Å². The molecule has 1 aromatic rings. The highest BCUT2D eigenvalue weighted by Gasteiger charge is 2.22. The predicted octanol–water partition coefficient (Wildman–Crippen LogP) is 1.75. The fourth-order valence-electron chi connectivity index (χ4n) is 2.23. The molecule has 90 valence electrons. The van der Waals surface area contributed by atoms with Gasteiger partial charge in [0.05, 0.1) is 17.8 Å². The second kappa shape index (κ2) is 4.64. The molecule has 0 aliphatic carbocycles. The molecule has 2 rings (SSSR count). The highest BCUT2D eigenvalue weighted by Crippen LogP contribution is 2.24. The predicted molar refractivity (Wildman–Crippen MR) is 67.8 cm³/mol. The van der Waals surface area contributed by atoms with E-state index in [1.54, 1.807) is 6.07 Å². The van der Waals surface area contributed by atoms with E-state index in [0.717, 1.165) is 18.8 Å². The molecular formula is C13H17N3O. The first kappa shape index (κ1) is 11.7. The van der Waals surface area contributed by atoms with Crippen molar-refractivity contribution in [3.63, 3.8) is 0 Å². The molecule has 4 heteroatoms. The number of nitrogens with zero attached hydrogens (tertiary/aromatic N) is 2. The van der Waals surface area contributed by atoms with Crippen LogP contribution in [0.15, 0.2) is 18.2 Å². The van der Waals surface area contributed by atoms with Crippen molar-refractivity contribution in [1.82, 2.24) is 0 Å². The summed E-state index contributed by atoms with van der Waals surface area (Å²) in [6, 6.07) is 7.71. The molecule has 0 spiro atoms. The zero-order chi connectivity index (χ0) is 12.4. The van der Waals surface area contributed by atoms with Crippen molar-refractivity contribution in [2.24, 2.45) is 0 Å². The summed E-state index contributed by atoms with van der Waals surface area (Å²) in [6.07, 6.45) is 0.420. The van der Waals surface area contributed by atoms with Gasteiger partial charge in [0.25, 0.3) is 0 Å². The van der Waals surface area contributed by atoms with Crippen LogP contribution in [0.4, 0.5) is 11.4 Å². The summed E-state index contributed by atoms with van der Waals surface area (Å²) in [5, 5.41) is 8.97. The van der Waals surface area contributed by atoms with Crippen LogP contribution in [0.3, 0.4) is 0 Å². The molecule has 2 unspecified atom stereocenters. The van der Waals surface area contributed by atoms with Crippen molar-refractivity contribution < 1.29 is 4.74 Å². The number of hydrogen-bond acceptors (Lipinski definition) is 4. The second-order valence-electron chi connectivity index (χ2n) is 4.55. The smallest absolute Gasteiger partial charge is 0.101 e. The maximum atomic E-state index is 8.97. The number of benzene rings is 1. The summed E-state index contributed by atoms with van der Waals surface area (Å²) in [4.78, 5) is 2.24. The SMILES string of the molecule is CC1CN(c2ccc(N)c(C#N)c2)CC(C)O1. The number of morpholine rings is 1. The van der Waals surface area contributed by atoms with Crippen LogP contribution in [-0.4, -0.2) is 25.3 Å². The quantitative estimate of drug-likeness (QED) is 0.748. The first-order valence-electron chi connectivity index (χ1n) is 5.80. The first-order chi connectivity index (χ1) is 8.10. The Morgan fingerprint density at radius 3 is 2.59 bits per heavy atom. The maximum absolute atomic E-state index is 8.97. The number of hydrogen-bond donors (Lipinski definition) is 1. The monoisotopic (exact) mass is 231 g/mol. The zero-order valence-electron chi connectivity index (χ0n) is 10.2. The Morgan fingerprint density at radius 2 is 2.00 bits per heavy atom. The van der Waals surface area contributed by atoms with Gasteiger partial charge in [-0.3, -0.25) is 0 Å². The van der Waals surface area contributed by atoms with Crippen molar-refractivity contribution in [2.45, 2.75) is 26.1 Å². The minimum absolute atomic E-state index is 0.210. The van der Waals surface area contributed by atoms with Gasteiger partial charge in [-0.1, -0.05) is 0 Å². The molecule has 1 fully saturated rings. The van der Waals surface area contributed by atoms with Crippen molar-refractivity contribution in [3.8, 4) is 6.07 Å².